The number of aromatic nitrogens is 4. The maximum absolute atomic E-state index is 4.80. The summed E-state index contributed by atoms with van der Waals surface area (Å²) in [6, 6.07) is 21.2. The van der Waals surface area contributed by atoms with Crippen LogP contribution in [0.3, 0.4) is 0 Å². The van der Waals surface area contributed by atoms with Gasteiger partial charge in [-0.3, -0.25) is 0 Å². The number of hydrogen-bond donors (Lipinski definition) is 2. The molecule has 4 nitrogen and oxygen atoms in total. The predicted octanol–water partition coefficient (Wildman–Crippen LogP) is 6.94. The highest BCUT2D eigenvalue weighted by atomic mass is 14.8. The van der Waals surface area contributed by atoms with Gasteiger partial charge in [-0.2, -0.15) is 0 Å². The zero-order valence-electron chi connectivity index (χ0n) is 18.0. The molecule has 4 aromatic rings. The van der Waals surface area contributed by atoms with Gasteiger partial charge in [0.15, 0.2) is 0 Å². The highest BCUT2D eigenvalue weighted by molar-refractivity contribution is 5.90. The molecule has 2 aliphatic rings. The number of benzene rings is 1. The van der Waals surface area contributed by atoms with E-state index in [9.17, 15) is 0 Å². The summed E-state index contributed by atoms with van der Waals surface area (Å²) in [7, 11) is 0. The van der Waals surface area contributed by atoms with Gasteiger partial charge in [0.1, 0.15) is 0 Å². The van der Waals surface area contributed by atoms with E-state index in [0.29, 0.717) is 0 Å². The Balaban J connectivity index is 1.70. The van der Waals surface area contributed by atoms with Gasteiger partial charge in [0.25, 0.3) is 0 Å². The minimum atomic E-state index is 0.905. The fraction of sp³-hybridized carbons (Fsp3) is 0.0714. The van der Waals surface area contributed by atoms with Crippen LogP contribution < -0.4 is 0 Å². The van der Waals surface area contributed by atoms with E-state index >= 15 is 0 Å². The van der Waals surface area contributed by atoms with Crippen molar-refractivity contribution in [2.24, 2.45) is 0 Å². The molecule has 32 heavy (non-hydrogen) atoms. The molecule has 1 aromatic carbocycles. The number of aromatic amines is 2. The van der Waals surface area contributed by atoms with Crippen LogP contribution in [0.1, 0.15) is 33.9 Å². The van der Waals surface area contributed by atoms with Gasteiger partial charge in [-0.05, 0) is 97.3 Å². The summed E-state index contributed by atoms with van der Waals surface area (Å²) in [5.41, 5.74) is 12.8. The van der Waals surface area contributed by atoms with Crippen molar-refractivity contribution >= 4 is 46.4 Å². The first-order chi connectivity index (χ1) is 15.6. The Hall–Kier alpha value is -4.18. The fourth-order valence-corrected chi connectivity index (χ4v) is 4.46. The van der Waals surface area contributed by atoms with Crippen LogP contribution in [0.15, 0.2) is 60.7 Å². The second-order valence-corrected chi connectivity index (χ2v) is 8.35. The van der Waals surface area contributed by atoms with E-state index in [-0.39, 0.29) is 0 Å². The molecule has 0 fully saturated rings. The largest absolute Gasteiger partial charge is 0.355 e. The van der Waals surface area contributed by atoms with E-state index in [1.807, 2.05) is 24.3 Å². The molecule has 5 heterocycles. The second-order valence-electron chi connectivity index (χ2n) is 8.35. The normalized spacial score (nSPS) is 12.4. The highest BCUT2D eigenvalue weighted by Crippen LogP contribution is 2.32. The number of nitrogens with zero attached hydrogens (tertiary/aromatic N) is 2. The molecule has 0 aliphatic carbocycles. The van der Waals surface area contributed by atoms with Gasteiger partial charge in [0.05, 0.1) is 22.8 Å². The lowest BCUT2D eigenvalue weighted by molar-refractivity contribution is 1.28. The Morgan fingerprint density at radius 1 is 0.562 bits per heavy atom. The fourth-order valence-electron chi connectivity index (χ4n) is 4.46. The molecule has 0 amide bonds. The molecular weight excluding hydrogens is 392 g/mol. The number of H-pyrrole nitrogens is 2. The summed E-state index contributed by atoms with van der Waals surface area (Å²) in [5, 5.41) is 0. The standard InChI is InChI=1S/C28H22N4/c1-17-4-3-5-18(2)28(17)26-15-25-14-23-9-8-21(30-23)12-19-6-7-20(29-19)13-22-10-11-24(31-22)16-27(26)32-25/h3-16,30,32H,1-2H3. The van der Waals surface area contributed by atoms with Crippen LogP contribution in [0.2, 0.25) is 0 Å². The molecule has 0 saturated carbocycles. The van der Waals surface area contributed by atoms with Crippen LogP contribution in [-0.4, -0.2) is 19.9 Å². The number of aryl methyl sites for hydroxylation is 2. The summed E-state index contributed by atoms with van der Waals surface area (Å²) < 4.78 is 0. The quantitative estimate of drug-likeness (QED) is 0.306. The third kappa shape index (κ3) is 3.36. The number of hydrogen-bond acceptors (Lipinski definition) is 2. The van der Waals surface area contributed by atoms with Crippen LogP contribution in [0.25, 0.3) is 57.5 Å². The summed E-state index contributed by atoms with van der Waals surface area (Å²) in [4.78, 5) is 16.6. The molecule has 0 saturated heterocycles. The van der Waals surface area contributed by atoms with E-state index < -0.39 is 0 Å². The lowest BCUT2D eigenvalue weighted by Gasteiger charge is -2.08. The Bertz CT molecular complexity index is 1570. The van der Waals surface area contributed by atoms with E-state index in [1.165, 1.54) is 22.3 Å². The van der Waals surface area contributed by atoms with Crippen molar-refractivity contribution in [2.75, 3.05) is 0 Å². The van der Waals surface area contributed by atoms with Crippen molar-refractivity contribution < 1.29 is 0 Å². The third-order valence-corrected chi connectivity index (χ3v) is 5.92. The van der Waals surface area contributed by atoms with Gasteiger partial charge in [0, 0.05) is 27.6 Å². The Morgan fingerprint density at radius 2 is 1.16 bits per heavy atom. The van der Waals surface area contributed by atoms with E-state index in [0.717, 1.165) is 44.8 Å². The van der Waals surface area contributed by atoms with Crippen LogP contribution in [0.4, 0.5) is 0 Å². The first kappa shape index (κ1) is 18.6. The molecule has 8 bridgehead atoms. The van der Waals surface area contributed by atoms with Gasteiger partial charge in [-0.1, -0.05) is 18.2 Å². The number of fused-ring (bicyclic) bond motifs is 8. The highest BCUT2D eigenvalue weighted by Gasteiger charge is 2.11. The summed E-state index contributed by atoms with van der Waals surface area (Å²) in [6.07, 6.45) is 8.13. The molecule has 2 N–H and O–H groups in total. The molecule has 154 valence electrons. The van der Waals surface area contributed by atoms with E-state index in [2.05, 4.69) is 84.5 Å². The van der Waals surface area contributed by atoms with Gasteiger partial charge in [-0.15, -0.1) is 0 Å². The van der Waals surface area contributed by atoms with Crippen molar-refractivity contribution in [3.05, 3.63) is 94.6 Å². The van der Waals surface area contributed by atoms with Gasteiger partial charge in [-0.25, -0.2) is 9.97 Å². The first-order valence-corrected chi connectivity index (χ1v) is 10.8. The molecule has 0 atom stereocenters. The summed E-state index contributed by atoms with van der Waals surface area (Å²) >= 11 is 0. The average molecular weight is 415 g/mol. The minimum Gasteiger partial charge on any atom is -0.355 e. The van der Waals surface area contributed by atoms with Crippen LogP contribution in [-0.2, 0) is 0 Å². The van der Waals surface area contributed by atoms with Crippen molar-refractivity contribution in [3.63, 3.8) is 0 Å². The van der Waals surface area contributed by atoms with Crippen LogP contribution in [0, 0.1) is 13.8 Å². The van der Waals surface area contributed by atoms with Gasteiger partial charge >= 0.3 is 0 Å². The third-order valence-electron chi connectivity index (χ3n) is 5.92. The van der Waals surface area contributed by atoms with Crippen molar-refractivity contribution in [2.45, 2.75) is 13.8 Å². The number of rotatable bonds is 1. The molecular formula is C28H22N4. The van der Waals surface area contributed by atoms with Crippen molar-refractivity contribution in [3.8, 4) is 11.1 Å². The van der Waals surface area contributed by atoms with Crippen LogP contribution in [0.5, 0.6) is 0 Å². The Morgan fingerprint density at radius 3 is 1.84 bits per heavy atom. The molecule has 0 radical (unpaired) electrons. The zero-order chi connectivity index (χ0) is 21.7. The molecule has 0 unspecified atom stereocenters. The van der Waals surface area contributed by atoms with Crippen LogP contribution >= 0.6 is 0 Å². The first-order valence-electron chi connectivity index (χ1n) is 10.8. The van der Waals surface area contributed by atoms with Crippen molar-refractivity contribution in [1.29, 1.82) is 0 Å². The lowest BCUT2D eigenvalue weighted by atomic mass is 9.96. The Kier molecular flexibility index (Phi) is 4.18. The molecule has 0 spiro atoms. The van der Waals surface area contributed by atoms with Crippen molar-refractivity contribution in [1.82, 2.24) is 19.9 Å². The molecule has 4 heteroatoms. The second kappa shape index (κ2) is 7.20. The van der Waals surface area contributed by atoms with E-state index in [4.69, 9.17) is 9.97 Å². The maximum Gasteiger partial charge on any atom is 0.0659 e. The molecule has 3 aromatic heterocycles. The average Bonchev–Trinajstić information content (AvgIpc) is 3.54. The summed E-state index contributed by atoms with van der Waals surface area (Å²) in [5.74, 6) is 0. The topological polar surface area (TPSA) is 57.4 Å². The van der Waals surface area contributed by atoms with Gasteiger partial charge < -0.3 is 9.97 Å². The molecule has 6 rings (SSSR count). The minimum absolute atomic E-state index is 0.905. The SMILES string of the molecule is Cc1cccc(C)c1-c1cc2cc3ccc(cc4nc(cc5nc(cc1[nH]2)C=C5)C=C4)[nH]3. The smallest absolute Gasteiger partial charge is 0.0659 e. The lowest BCUT2D eigenvalue weighted by Crippen LogP contribution is -1.86. The van der Waals surface area contributed by atoms with Gasteiger partial charge in [0.2, 0.25) is 0 Å². The predicted molar refractivity (Wildman–Crippen MR) is 134 cm³/mol. The molecule has 2 aliphatic heterocycles. The summed E-state index contributed by atoms with van der Waals surface area (Å²) in [6.45, 7) is 4.33. The number of nitrogens with one attached hydrogen (secondary N) is 2. The Labute approximate surface area is 186 Å². The van der Waals surface area contributed by atoms with E-state index in [1.54, 1.807) is 0 Å². The maximum atomic E-state index is 4.80. The monoisotopic (exact) mass is 414 g/mol. The zero-order valence-corrected chi connectivity index (χ0v) is 18.0.